The molecule has 0 bridgehead atoms. The molecule has 0 atom stereocenters. The third kappa shape index (κ3) is 3.94. The van der Waals surface area contributed by atoms with Crippen LogP contribution in [0.15, 0.2) is 22.7 Å². The molecule has 1 amide bonds. The lowest BCUT2D eigenvalue weighted by molar-refractivity contribution is 0.0702. The van der Waals surface area contributed by atoms with E-state index >= 15 is 0 Å². The second-order valence-electron chi connectivity index (χ2n) is 4.86. The lowest BCUT2D eigenvalue weighted by atomic mass is 10.0. The molecule has 1 aromatic carbocycles. The van der Waals surface area contributed by atoms with Gasteiger partial charge in [-0.05, 0) is 56.6 Å². The smallest absolute Gasteiger partial charge is 0.254 e. The topological polar surface area (TPSA) is 32.3 Å². The molecule has 0 unspecified atom stereocenters. The van der Waals surface area contributed by atoms with Crippen molar-refractivity contribution in [1.29, 1.82) is 0 Å². The molecule has 1 aliphatic rings. The maximum Gasteiger partial charge on any atom is 0.254 e. The third-order valence-corrected chi connectivity index (χ3v) is 4.09. The van der Waals surface area contributed by atoms with Crippen molar-refractivity contribution in [1.82, 2.24) is 10.2 Å². The molecule has 2 rings (SSSR count). The predicted octanol–water partition coefficient (Wildman–Crippen LogP) is 3.00. The summed E-state index contributed by atoms with van der Waals surface area (Å²) in [6.07, 6.45) is 2.08. The second-order valence-corrected chi connectivity index (χ2v) is 5.77. The van der Waals surface area contributed by atoms with Gasteiger partial charge in [0.05, 0.1) is 0 Å². The third-order valence-electron chi connectivity index (χ3n) is 3.60. The lowest BCUT2D eigenvalue weighted by Gasteiger charge is -2.32. The lowest BCUT2D eigenvalue weighted by Crippen LogP contribution is -2.44. The number of halogens is 2. The normalized spacial score (nSPS) is 15.7. The minimum Gasteiger partial charge on any atom is -0.339 e. The Balaban J connectivity index is 0.00000180. The first-order valence-corrected chi connectivity index (χ1v) is 7.13. The van der Waals surface area contributed by atoms with Crippen molar-refractivity contribution in [2.45, 2.75) is 25.8 Å². The number of nitrogens with zero attached hydrogens (tertiary/aromatic N) is 1. The first-order chi connectivity index (χ1) is 8.59. The van der Waals surface area contributed by atoms with Gasteiger partial charge in [0.25, 0.3) is 5.91 Å². The summed E-state index contributed by atoms with van der Waals surface area (Å²) < 4.78 is 1.01. The number of amides is 1. The molecule has 0 aromatic heterocycles. The van der Waals surface area contributed by atoms with Crippen LogP contribution in [0, 0.1) is 6.92 Å². The molecule has 1 aromatic rings. The van der Waals surface area contributed by atoms with Gasteiger partial charge in [0, 0.05) is 23.1 Å². The maximum atomic E-state index is 12.5. The number of benzene rings is 1. The highest BCUT2D eigenvalue weighted by Crippen LogP contribution is 2.19. The number of hydrogen-bond donors (Lipinski definition) is 1. The van der Waals surface area contributed by atoms with Crippen LogP contribution in [0.1, 0.15) is 28.8 Å². The summed E-state index contributed by atoms with van der Waals surface area (Å²) in [5.74, 6) is 0.131. The maximum absolute atomic E-state index is 12.5. The van der Waals surface area contributed by atoms with E-state index < -0.39 is 0 Å². The van der Waals surface area contributed by atoms with Crippen molar-refractivity contribution in [2.24, 2.45) is 0 Å². The average Bonchev–Trinajstić information content (AvgIpc) is 2.38. The van der Waals surface area contributed by atoms with Crippen LogP contribution in [0.25, 0.3) is 0 Å². The van der Waals surface area contributed by atoms with Gasteiger partial charge in [-0.25, -0.2) is 0 Å². The highest BCUT2D eigenvalue weighted by Gasteiger charge is 2.23. The zero-order valence-electron chi connectivity index (χ0n) is 11.3. The number of aryl methyl sites for hydroxylation is 1. The second kappa shape index (κ2) is 7.27. The van der Waals surface area contributed by atoms with Crippen molar-refractivity contribution in [3.63, 3.8) is 0 Å². The van der Waals surface area contributed by atoms with Gasteiger partial charge in [0.2, 0.25) is 0 Å². The Kier molecular flexibility index (Phi) is 6.30. The number of hydrogen-bond acceptors (Lipinski definition) is 2. The molecule has 3 nitrogen and oxygen atoms in total. The average molecular weight is 348 g/mol. The fourth-order valence-electron chi connectivity index (χ4n) is 2.42. The molecule has 5 heteroatoms. The Morgan fingerprint density at radius 3 is 2.58 bits per heavy atom. The van der Waals surface area contributed by atoms with Crippen LogP contribution in [-0.4, -0.2) is 37.0 Å². The number of nitrogens with one attached hydrogen (secondary N) is 1. The van der Waals surface area contributed by atoms with Crippen LogP contribution in [0.4, 0.5) is 0 Å². The van der Waals surface area contributed by atoms with E-state index in [1.165, 1.54) is 0 Å². The summed E-state index contributed by atoms with van der Waals surface area (Å²) in [5, 5.41) is 3.32. The van der Waals surface area contributed by atoms with Crippen LogP contribution in [0.5, 0.6) is 0 Å². The number of carbonyl (C=O) groups is 1. The van der Waals surface area contributed by atoms with Gasteiger partial charge in [0.1, 0.15) is 0 Å². The molecule has 0 spiro atoms. The molecule has 0 radical (unpaired) electrons. The van der Waals surface area contributed by atoms with E-state index in [4.69, 9.17) is 0 Å². The Morgan fingerprint density at radius 1 is 1.37 bits per heavy atom. The monoisotopic (exact) mass is 346 g/mol. The first-order valence-electron chi connectivity index (χ1n) is 6.33. The number of carbonyl (C=O) groups excluding carboxylic acids is 1. The highest BCUT2D eigenvalue weighted by molar-refractivity contribution is 9.10. The molecular weight excluding hydrogens is 328 g/mol. The summed E-state index contributed by atoms with van der Waals surface area (Å²) in [6.45, 7) is 3.98. The van der Waals surface area contributed by atoms with E-state index in [0.717, 1.165) is 41.5 Å². The van der Waals surface area contributed by atoms with Crippen LogP contribution < -0.4 is 5.32 Å². The number of rotatable bonds is 2. The summed E-state index contributed by atoms with van der Waals surface area (Å²) in [6, 6.07) is 6.18. The van der Waals surface area contributed by atoms with E-state index in [2.05, 4.69) is 21.2 Å². The van der Waals surface area contributed by atoms with E-state index in [-0.39, 0.29) is 18.3 Å². The van der Waals surface area contributed by atoms with Crippen LogP contribution in [-0.2, 0) is 0 Å². The molecule has 1 saturated heterocycles. The van der Waals surface area contributed by atoms with Gasteiger partial charge in [-0.15, -0.1) is 12.4 Å². The van der Waals surface area contributed by atoms with Gasteiger partial charge < -0.3 is 10.2 Å². The molecule has 19 heavy (non-hydrogen) atoms. The van der Waals surface area contributed by atoms with E-state index in [1.807, 2.05) is 37.1 Å². The van der Waals surface area contributed by atoms with Crippen molar-refractivity contribution in [2.75, 3.05) is 20.1 Å². The molecule has 1 fully saturated rings. The fourth-order valence-corrected chi connectivity index (χ4v) is 2.89. The number of piperidine rings is 1. The van der Waals surface area contributed by atoms with Gasteiger partial charge in [-0.1, -0.05) is 15.9 Å². The minimum atomic E-state index is 0. The van der Waals surface area contributed by atoms with E-state index in [1.54, 1.807) is 0 Å². The SMILES string of the molecule is Cc1cc(Br)ccc1C(=O)N(C)C1CCNCC1.Cl. The first kappa shape index (κ1) is 16.5. The summed E-state index contributed by atoms with van der Waals surface area (Å²) >= 11 is 3.43. The highest BCUT2D eigenvalue weighted by atomic mass is 79.9. The Labute approximate surface area is 129 Å². The molecule has 0 saturated carbocycles. The minimum absolute atomic E-state index is 0. The summed E-state index contributed by atoms with van der Waals surface area (Å²) in [7, 11) is 1.92. The van der Waals surface area contributed by atoms with Crippen molar-refractivity contribution < 1.29 is 4.79 Å². The zero-order chi connectivity index (χ0) is 13.1. The van der Waals surface area contributed by atoms with E-state index in [0.29, 0.717) is 6.04 Å². The quantitative estimate of drug-likeness (QED) is 0.892. The van der Waals surface area contributed by atoms with Gasteiger partial charge >= 0.3 is 0 Å². The van der Waals surface area contributed by atoms with Crippen LogP contribution >= 0.6 is 28.3 Å². The Morgan fingerprint density at radius 2 is 2.00 bits per heavy atom. The molecule has 1 N–H and O–H groups in total. The van der Waals surface area contributed by atoms with Gasteiger partial charge in [-0.2, -0.15) is 0 Å². The van der Waals surface area contributed by atoms with Gasteiger partial charge in [-0.3, -0.25) is 4.79 Å². The fraction of sp³-hybridized carbons (Fsp3) is 0.500. The molecule has 0 aliphatic carbocycles. The summed E-state index contributed by atoms with van der Waals surface area (Å²) in [5.41, 5.74) is 1.83. The summed E-state index contributed by atoms with van der Waals surface area (Å²) in [4.78, 5) is 14.4. The van der Waals surface area contributed by atoms with Crippen molar-refractivity contribution >= 4 is 34.2 Å². The van der Waals surface area contributed by atoms with Crippen LogP contribution in [0.2, 0.25) is 0 Å². The molecule has 1 heterocycles. The zero-order valence-corrected chi connectivity index (χ0v) is 13.7. The van der Waals surface area contributed by atoms with Crippen molar-refractivity contribution in [3.05, 3.63) is 33.8 Å². The van der Waals surface area contributed by atoms with E-state index in [9.17, 15) is 4.79 Å². The standard InChI is InChI=1S/C14H19BrN2O.ClH/c1-10-9-11(15)3-4-13(10)14(18)17(2)12-5-7-16-8-6-12;/h3-4,9,12,16H,5-8H2,1-2H3;1H. The largest absolute Gasteiger partial charge is 0.339 e. The molecule has 106 valence electrons. The predicted molar refractivity (Wildman–Crippen MR) is 84.1 cm³/mol. The van der Waals surface area contributed by atoms with Gasteiger partial charge in [0.15, 0.2) is 0 Å². The van der Waals surface area contributed by atoms with Crippen molar-refractivity contribution in [3.8, 4) is 0 Å². The van der Waals surface area contributed by atoms with Crippen LogP contribution in [0.3, 0.4) is 0 Å². The molecular formula is C14H20BrClN2O. The Hall–Kier alpha value is -0.580. The Bertz CT molecular complexity index is 447. The molecule has 1 aliphatic heterocycles.